The molecule has 0 spiro atoms. The minimum absolute atomic E-state index is 0. The summed E-state index contributed by atoms with van der Waals surface area (Å²) in [5, 5.41) is 6.30. The highest BCUT2D eigenvalue weighted by Gasteiger charge is 2.32. The number of carbonyl (C=O) groups excluding carboxylic acids is 2. The summed E-state index contributed by atoms with van der Waals surface area (Å²) < 4.78 is 0. The van der Waals surface area contributed by atoms with Crippen molar-refractivity contribution in [2.45, 2.75) is 33.2 Å². The Balaban J connectivity index is 0.00000261. The van der Waals surface area contributed by atoms with Crippen molar-refractivity contribution in [3.05, 3.63) is 29.8 Å². The molecule has 2 aliphatic rings. The lowest BCUT2D eigenvalue weighted by molar-refractivity contribution is -0.123. The Labute approximate surface area is 168 Å². The average molecular weight is 395 g/mol. The lowest BCUT2D eigenvalue weighted by Gasteiger charge is -2.32. The fraction of sp³-hybridized carbons (Fsp3) is 0.600. The number of anilines is 1. The highest BCUT2D eigenvalue weighted by atomic mass is 35.5. The predicted octanol–water partition coefficient (Wildman–Crippen LogP) is 2.21. The molecule has 2 amide bonds. The number of halogens is 1. The van der Waals surface area contributed by atoms with Gasteiger partial charge < -0.3 is 15.5 Å². The van der Waals surface area contributed by atoms with Crippen LogP contribution in [0.1, 0.15) is 37.6 Å². The first-order valence-corrected chi connectivity index (χ1v) is 9.51. The zero-order valence-corrected chi connectivity index (χ0v) is 17.3. The minimum Gasteiger partial charge on any atom is -0.337 e. The number of piperazine rings is 1. The first-order valence-electron chi connectivity index (χ1n) is 9.51. The molecule has 3 rings (SSSR count). The van der Waals surface area contributed by atoms with E-state index in [0.29, 0.717) is 17.3 Å². The van der Waals surface area contributed by atoms with E-state index in [0.717, 1.165) is 45.7 Å². The van der Waals surface area contributed by atoms with Gasteiger partial charge in [0.1, 0.15) is 0 Å². The third-order valence-corrected chi connectivity index (χ3v) is 5.21. The molecule has 0 aromatic heterocycles. The Morgan fingerprint density at radius 1 is 1.11 bits per heavy atom. The molecule has 150 valence electrons. The Hall–Kier alpha value is -1.63. The van der Waals surface area contributed by atoms with E-state index < -0.39 is 5.41 Å². The number of nitrogens with zero attached hydrogens (tertiary/aromatic N) is 2. The third kappa shape index (κ3) is 5.21. The number of rotatable bonds is 3. The molecule has 1 aromatic rings. The summed E-state index contributed by atoms with van der Waals surface area (Å²) in [6.07, 6.45) is 1.02. The van der Waals surface area contributed by atoms with Gasteiger partial charge in [-0.05, 0) is 18.6 Å². The van der Waals surface area contributed by atoms with Crippen LogP contribution in [-0.2, 0) is 4.79 Å². The Morgan fingerprint density at radius 3 is 2.44 bits per heavy atom. The number of benzene rings is 1. The van der Waals surface area contributed by atoms with E-state index in [1.165, 1.54) is 0 Å². The van der Waals surface area contributed by atoms with E-state index >= 15 is 0 Å². The van der Waals surface area contributed by atoms with E-state index in [2.05, 4.69) is 15.5 Å². The van der Waals surface area contributed by atoms with Gasteiger partial charge in [-0.3, -0.25) is 14.5 Å². The van der Waals surface area contributed by atoms with Crippen molar-refractivity contribution in [3.8, 4) is 0 Å². The molecule has 6 nitrogen and oxygen atoms in total. The van der Waals surface area contributed by atoms with Gasteiger partial charge in [-0.25, -0.2) is 0 Å². The Bertz CT molecular complexity index is 668. The van der Waals surface area contributed by atoms with Gasteiger partial charge in [0.15, 0.2) is 0 Å². The van der Waals surface area contributed by atoms with Crippen LogP contribution in [0.5, 0.6) is 0 Å². The highest BCUT2D eigenvalue weighted by Crippen LogP contribution is 2.24. The third-order valence-electron chi connectivity index (χ3n) is 5.21. The maximum absolute atomic E-state index is 13.1. The molecular formula is C20H31ClN4O2. The van der Waals surface area contributed by atoms with Gasteiger partial charge in [0.2, 0.25) is 5.91 Å². The molecule has 0 saturated carbocycles. The van der Waals surface area contributed by atoms with Crippen molar-refractivity contribution >= 4 is 29.9 Å². The molecule has 2 fully saturated rings. The van der Waals surface area contributed by atoms with Crippen LogP contribution >= 0.6 is 12.4 Å². The number of amides is 2. The number of para-hydroxylation sites is 1. The fourth-order valence-corrected chi connectivity index (χ4v) is 3.53. The van der Waals surface area contributed by atoms with Crippen LogP contribution in [0.15, 0.2) is 24.3 Å². The van der Waals surface area contributed by atoms with Crippen LogP contribution < -0.4 is 10.6 Å². The largest absolute Gasteiger partial charge is 0.337 e. The monoisotopic (exact) mass is 394 g/mol. The predicted molar refractivity (Wildman–Crippen MR) is 111 cm³/mol. The van der Waals surface area contributed by atoms with Crippen molar-refractivity contribution in [1.82, 2.24) is 15.1 Å². The number of likely N-dealkylation sites (tertiary alicyclic amines) is 1. The molecule has 2 saturated heterocycles. The van der Waals surface area contributed by atoms with E-state index in [1.807, 2.05) is 37.8 Å². The first kappa shape index (κ1) is 21.7. The van der Waals surface area contributed by atoms with Crippen LogP contribution in [0.25, 0.3) is 0 Å². The minimum atomic E-state index is -0.503. The van der Waals surface area contributed by atoms with Gasteiger partial charge >= 0.3 is 0 Å². The van der Waals surface area contributed by atoms with Crippen molar-refractivity contribution in [2.24, 2.45) is 5.41 Å². The van der Waals surface area contributed by atoms with Crippen LogP contribution in [-0.4, -0.2) is 66.9 Å². The summed E-state index contributed by atoms with van der Waals surface area (Å²) in [5.74, 6) is -0.0784. The summed E-state index contributed by atoms with van der Waals surface area (Å²) in [6, 6.07) is 7.75. The summed E-state index contributed by atoms with van der Waals surface area (Å²) in [6.45, 7) is 11.3. The van der Waals surface area contributed by atoms with Crippen LogP contribution in [0.4, 0.5) is 5.69 Å². The second kappa shape index (κ2) is 9.04. The van der Waals surface area contributed by atoms with Gasteiger partial charge in [0, 0.05) is 50.7 Å². The smallest absolute Gasteiger partial charge is 0.256 e. The molecular weight excluding hydrogens is 364 g/mol. The zero-order chi connectivity index (χ0) is 18.7. The standard InChI is InChI=1S/C20H30N4O2.ClH/c1-20(2,3)19(26)22-17-7-5-4-6-16(17)18(25)24-11-8-15(14-24)23-12-9-21-10-13-23;/h4-7,15,21H,8-14H2,1-3H3,(H,22,26);1H. The maximum atomic E-state index is 13.1. The molecule has 1 atom stereocenters. The molecule has 0 bridgehead atoms. The lowest BCUT2D eigenvalue weighted by atomic mass is 9.95. The van der Waals surface area contributed by atoms with Gasteiger partial charge in [-0.1, -0.05) is 32.9 Å². The normalized spacial score (nSPS) is 20.9. The molecule has 27 heavy (non-hydrogen) atoms. The Kier molecular flexibility index (Phi) is 7.25. The van der Waals surface area contributed by atoms with Crippen LogP contribution in [0.3, 0.4) is 0 Å². The van der Waals surface area contributed by atoms with Crippen molar-refractivity contribution in [1.29, 1.82) is 0 Å². The molecule has 0 aliphatic carbocycles. The van der Waals surface area contributed by atoms with Crippen LogP contribution in [0.2, 0.25) is 0 Å². The van der Waals surface area contributed by atoms with E-state index in [1.54, 1.807) is 12.1 Å². The lowest BCUT2D eigenvalue weighted by Crippen LogP contribution is -2.49. The second-order valence-corrected chi connectivity index (χ2v) is 8.23. The number of hydrogen-bond acceptors (Lipinski definition) is 4. The zero-order valence-electron chi connectivity index (χ0n) is 16.5. The average Bonchev–Trinajstić information content (AvgIpc) is 3.12. The number of nitrogens with one attached hydrogen (secondary N) is 2. The number of hydrogen-bond donors (Lipinski definition) is 2. The van der Waals surface area contributed by atoms with Crippen molar-refractivity contribution < 1.29 is 9.59 Å². The SMILES string of the molecule is CC(C)(C)C(=O)Nc1ccccc1C(=O)N1CCC(N2CCNCC2)C1.Cl. The van der Waals surface area contributed by atoms with Crippen LogP contribution in [0, 0.1) is 5.41 Å². The molecule has 2 aliphatic heterocycles. The maximum Gasteiger partial charge on any atom is 0.256 e. The second-order valence-electron chi connectivity index (χ2n) is 8.23. The molecule has 0 radical (unpaired) electrons. The molecule has 2 N–H and O–H groups in total. The van der Waals surface area contributed by atoms with Gasteiger partial charge in [-0.2, -0.15) is 0 Å². The first-order chi connectivity index (χ1) is 12.4. The van der Waals surface area contributed by atoms with Gasteiger partial charge in [-0.15, -0.1) is 12.4 Å². The van der Waals surface area contributed by atoms with E-state index in [9.17, 15) is 9.59 Å². The summed E-state index contributed by atoms with van der Waals surface area (Å²) in [4.78, 5) is 29.8. The molecule has 1 unspecified atom stereocenters. The topological polar surface area (TPSA) is 64.7 Å². The van der Waals surface area contributed by atoms with Crippen molar-refractivity contribution in [2.75, 3.05) is 44.6 Å². The summed E-state index contributed by atoms with van der Waals surface area (Å²) >= 11 is 0. The highest BCUT2D eigenvalue weighted by molar-refractivity contribution is 6.04. The molecule has 1 aromatic carbocycles. The van der Waals surface area contributed by atoms with Gasteiger partial charge in [0.25, 0.3) is 5.91 Å². The summed E-state index contributed by atoms with van der Waals surface area (Å²) in [5.41, 5.74) is 0.672. The van der Waals surface area contributed by atoms with Crippen molar-refractivity contribution in [3.63, 3.8) is 0 Å². The van der Waals surface area contributed by atoms with Gasteiger partial charge in [0.05, 0.1) is 11.3 Å². The fourth-order valence-electron chi connectivity index (χ4n) is 3.53. The van der Waals surface area contributed by atoms with E-state index in [4.69, 9.17) is 0 Å². The quantitative estimate of drug-likeness (QED) is 0.825. The molecule has 2 heterocycles. The summed E-state index contributed by atoms with van der Waals surface area (Å²) in [7, 11) is 0. The van der Waals surface area contributed by atoms with E-state index in [-0.39, 0.29) is 24.2 Å². The molecule has 7 heteroatoms. The number of carbonyl (C=O) groups is 2. The Morgan fingerprint density at radius 2 is 1.78 bits per heavy atom.